The molecule has 3 heteroatoms. The van der Waals surface area contributed by atoms with Crippen LogP contribution in [-0.2, 0) is 0 Å². The molecular formula is C12H18O3. The van der Waals surface area contributed by atoms with Crippen molar-refractivity contribution in [1.29, 1.82) is 0 Å². The minimum Gasteiger partial charge on any atom is -0.388 e. The van der Waals surface area contributed by atoms with Crippen LogP contribution in [0.15, 0.2) is 50.1 Å². The van der Waals surface area contributed by atoms with Gasteiger partial charge in [-0.25, -0.2) is 0 Å². The van der Waals surface area contributed by atoms with Gasteiger partial charge >= 0.3 is 0 Å². The highest BCUT2D eigenvalue weighted by Gasteiger charge is 2.28. The largest absolute Gasteiger partial charge is 0.388 e. The SMILES string of the molecule is C=CC(O)C(=C)C(C(O)C=C)C(O)C=C. The second kappa shape index (κ2) is 6.35. The molecule has 0 aromatic rings. The van der Waals surface area contributed by atoms with Crippen molar-refractivity contribution < 1.29 is 15.3 Å². The third kappa shape index (κ3) is 3.47. The standard InChI is InChI=1S/C12H18O3/c1-5-9(13)8(4)12(10(14)6-2)11(15)7-3/h5-7,9-15H,1-4H2. The average molecular weight is 210 g/mol. The minimum absolute atomic E-state index is 0.282. The van der Waals surface area contributed by atoms with Gasteiger partial charge in [-0.2, -0.15) is 0 Å². The zero-order chi connectivity index (χ0) is 12.0. The Morgan fingerprint density at radius 3 is 1.53 bits per heavy atom. The molecule has 0 aliphatic heterocycles. The van der Waals surface area contributed by atoms with Crippen LogP contribution in [-0.4, -0.2) is 33.6 Å². The Bertz CT molecular complexity index is 244. The Labute approximate surface area is 90.4 Å². The molecule has 0 heterocycles. The fraction of sp³-hybridized carbons (Fsp3) is 0.333. The predicted octanol–water partition coefficient (Wildman–Crippen LogP) is 0.799. The van der Waals surface area contributed by atoms with Crippen LogP contribution in [0.2, 0.25) is 0 Å². The molecule has 3 unspecified atom stereocenters. The second-order valence-electron chi connectivity index (χ2n) is 3.23. The van der Waals surface area contributed by atoms with Gasteiger partial charge in [-0.15, -0.1) is 19.7 Å². The minimum atomic E-state index is -0.986. The Hall–Kier alpha value is -1.16. The molecule has 3 N–H and O–H groups in total. The van der Waals surface area contributed by atoms with Crippen LogP contribution in [0.1, 0.15) is 0 Å². The van der Waals surface area contributed by atoms with Crippen LogP contribution in [0.5, 0.6) is 0 Å². The lowest BCUT2D eigenvalue weighted by atomic mass is 9.85. The summed E-state index contributed by atoms with van der Waals surface area (Å²) in [6.45, 7) is 13.9. The van der Waals surface area contributed by atoms with Crippen molar-refractivity contribution in [3.05, 3.63) is 50.1 Å². The molecule has 0 bridgehead atoms. The molecule has 0 aromatic heterocycles. The number of rotatable bonds is 7. The van der Waals surface area contributed by atoms with Crippen molar-refractivity contribution in [2.24, 2.45) is 5.92 Å². The molecule has 0 aliphatic carbocycles. The molecule has 0 saturated heterocycles. The van der Waals surface area contributed by atoms with E-state index in [4.69, 9.17) is 0 Å². The fourth-order valence-corrected chi connectivity index (χ4v) is 1.28. The van der Waals surface area contributed by atoms with Crippen LogP contribution >= 0.6 is 0 Å². The number of aliphatic hydroxyl groups excluding tert-OH is 3. The lowest BCUT2D eigenvalue weighted by molar-refractivity contribution is 0.0701. The van der Waals surface area contributed by atoms with E-state index >= 15 is 0 Å². The summed E-state index contributed by atoms with van der Waals surface area (Å²) >= 11 is 0. The van der Waals surface area contributed by atoms with E-state index in [0.717, 1.165) is 0 Å². The van der Waals surface area contributed by atoms with E-state index in [1.807, 2.05) is 0 Å². The number of hydrogen-bond acceptors (Lipinski definition) is 3. The van der Waals surface area contributed by atoms with Gasteiger partial charge in [0.2, 0.25) is 0 Å². The van der Waals surface area contributed by atoms with Crippen LogP contribution in [0.4, 0.5) is 0 Å². The maximum Gasteiger partial charge on any atom is 0.0931 e. The van der Waals surface area contributed by atoms with E-state index in [0.29, 0.717) is 0 Å². The predicted molar refractivity (Wildman–Crippen MR) is 61.2 cm³/mol. The van der Waals surface area contributed by atoms with Gasteiger partial charge in [0.25, 0.3) is 0 Å². The van der Waals surface area contributed by atoms with Gasteiger partial charge in [-0.05, 0) is 5.57 Å². The topological polar surface area (TPSA) is 60.7 Å². The molecule has 0 aromatic carbocycles. The second-order valence-corrected chi connectivity index (χ2v) is 3.23. The molecule has 0 rings (SSSR count). The van der Waals surface area contributed by atoms with Crippen LogP contribution in [0, 0.1) is 5.92 Å². The Balaban J connectivity index is 4.92. The van der Waals surface area contributed by atoms with Crippen molar-refractivity contribution in [3.63, 3.8) is 0 Å². The lowest BCUT2D eigenvalue weighted by Gasteiger charge is -2.27. The first kappa shape index (κ1) is 13.8. The average Bonchev–Trinajstić information content (AvgIpc) is 2.27. The molecule has 3 nitrogen and oxygen atoms in total. The fourth-order valence-electron chi connectivity index (χ4n) is 1.28. The smallest absolute Gasteiger partial charge is 0.0931 e. The zero-order valence-corrected chi connectivity index (χ0v) is 8.71. The summed E-state index contributed by atoms with van der Waals surface area (Å²) in [5.74, 6) is -0.729. The quantitative estimate of drug-likeness (QED) is 0.545. The first-order valence-electron chi connectivity index (χ1n) is 4.60. The van der Waals surface area contributed by atoms with Gasteiger partial charge in [0.15, 0.2) is 0 Å². The van der Waals surface area contributed by atoms with Crippen LogP contribution < -0.4 is 0 Å². The van der Waals surface area contributed by atoms with Crippen molar-refractivity contribution >= 4 is 0 Å². The summed E-state index contributed by atoms with van der Waals surface area (Å²) in [5.41, 5.74) is 0.282. The summed E-state index contributed by atoms with van der Waals surface area (Å²) in [6.07, 6.45) is 0.886. The Morgan fingerprint density at radius 2 is 1.27 bits per heavy atom. The highest BCUT2D eigenvalue weighted by molar-refractivity contribution is 5.19. The van der Waals surface area contributed by atoms with Crippen LogP contribution in [0.25, 0.3) is 0 Å². The summed E-state index contributed by atoms with van der Waals surface area (Å²) < 4.78 is 0. The summed E-state index contributed by atoms with van der Waals surface area (Å²) in [6, 6.07) is 0. The molecule has 0 saturated carbocycles. The first-order chi connectivity index (χ1) is 6.99. The van der Waals surface area contributed by atoms with E-state index in [9.17, 15) is 15.3 Å². The Kier molecular flexibility index (Phi) is 5.86. The van der Waals surface area contributed by atoms with Crippen LogP contribution in [0.3, 0.4) is 0 Å². The van der Waals surface area contributed by atoms with Gasteiger partial charge in [0, 0.05) is 5.92 Å². The molecule has 15 heavy (non-hydrogen) atoms. The van der Waals surface area contributed by atoms with Crippen molar-refractivity contribution in [2.45, 2.75) is 18.3 Å². The third-order valence-electron chi connectivity index (χ3n) is 2.25. The van der Waals surface area contributed by atoms with E-state index in [1.165, 1.54) is 18.2 Å². The molecular weight excluding hydrogens is 192 g/mol. The van der Waals surface area contributed by atoms with E-state index in [-0.39, 0.29) is 5.57 Å². The van der Waals surface area contributed by atoms with E-state index < -0.39 is 24.2 Å². The van der Waals surface area contributed by atoms with E-state index in [1.54, 1.807) is 0 Å². The molecule has 0 radical (unpaired) electrons. The maximum absolute atomic E-state index is 9.60. The van der Waals surface area contributed by atoms with E-state index in [2.05, 4.69) is 26.3 Å². The first-order valence-corrected chi connectivity index (χ1v) is 4.60. The normalized spacial score (nSPS) is 18.3. The summed E-state index contributed by atoms with van der Waals surface area (Å²) in [4.78, 5) is 0. The number of aliphatic hydroxyl groups is 3. The molecule has 3 atom stereocenters. The van der Waals surface area contributed by atoms with Crippen molar-refractivity contribution in [2.75, 3.05) is 0 Å². The van der Waals surface area contributed by atoms with Crippen molar-refractivity contribution in [3.8, 4) is 0 Å². The summed E-state index contributed by atoms with van der Waals surface area (Å²) in [7, 11) is 0. The zero-order valence-electron chi connectivity index (χ0n) is 8.71. The number of hydrogen-bond donors (Lipinski definition) is 3. The maximum atomic E-state index is 9.60. The molecule has 0 fully saturated rings. The lowest BCUT2D eigenvalue weighted by Crippen LogP contribution is -2.34. The molecule has 0 spiro atoms. The van der Waals surface area contributed by atoms with Gasteiger partial charge in [-0.1, -0.05) is 24.8 Å². The van der Waals surface area contributed by atoms with Gasteiger partial charge in [0.05, 0.1) is 18.3 Å². The Morgan fingerprint density at radius 1 is 0.867 bits per heavy atom. The van der Waals surface area contributed by atoms with Crippen molar-refractivity contribution in [1.82, 2.24) is 0 Å². The van der Waals surface area contributed by atoms with Gasteiger partial charge in [0.1, 0.15) is 0 Å². The highest BCUT2D eigenvalue weighted by atomic mass is 16.3. The van der Waals surface area contributed by atoms with Gasteiger partial charge < -0.3 is 15.3 Å². The monoisotopic (exact) mass is 210 g/mol. The molecule has 84 valence electrons. The van der Waals surface area contributed by atoms with Gasteiger partial charge in [-0.3, -0.25) is 0 Å². The summed E-state index contributed by atoms with van der Waals surface area (Å²) in [5, 5.41) is 28.7. The third-order valence-corrected chi connectivity index (χ3v) is 2.25. The molecule has 0 amide bonds. The molecule has 0 aliphatic rings. The highest BCUT2D eigenvalue weighted by Crippen LogP contribution is 2.23.